The van der Waals surface area contributed by atoms with Gasteiger partial charge in [-0.15, -0.1) is 0 Å². The highest BCUT2D eigenvalue weighted by Crippen LogP contribution is 2.26. The van der Waals surface area contributed by atoms with Crippen molar-refractivity contribution in [2.45, 2.75) is 45.7 Å². The Morgan fingerprint density at radius 1 is 1.00 bits per heavy atom. The molecule has 2 aliphatic heterocycles. The predicted molar refractivity (Wildman–Crippen MR) is 118 cm³/mol. The smallest absolute Gasteiger partial charge is 0.241 e. The third-order valence-corrected chi connectivity index (χ3v) is 6.29. The quantitative estimate of drug-likeness (QED) is 0.839. The predicted octanol–water partition coefficient (Wildman–Crippen LogP) is 3.12. The van der Waals surface area contributed by atoms with Crippen molar-refractivity contribution in [2.75, 3.05) is 31.1 Å². The monoisotopic (exact) mass is 392 g/mol. The summed E-state index contributed by atoms with van der Waals surface area (Å²) in [4.78, 5) is 17.5. The number of aryl methyl sites for hydroxylation is 3. The maximum Gasteiger partial charge on any atom is 0.241 e. The molecule has 2 heterocycles. The maximum atomic E-state index is 13.0. The lowest BCUT2D eigenvalue weighted by molar-refractivity contribution is -0.133. The number of amides is 1. The summed E-state index contributed by atoms with van der Waals surface area (Å²) in [6, 6.07) is 15.3. The standard InChI is InChI=1S/C24H32N4O/c1-4-19-7-9-20(10-8-19)21-16-22(26-25-21)24(29)28-13-11-27(12-14-28)23-15-17(2)5-6-18(23)3/h5-10,15,21-22,25-26H,4,11-14,16H2,1-3H3. The van der Waals surface area contributed by atoms with E-state index < -0.39 is 0 Å². The molecule has 5 nitrogen and oxygen atoms in total. The van der Waals surface area contributed by atoms with Crippen LogP contribution in [0.15, 0.2) is 42.5 Å². The molecule has 0 radical (unpaired) electrons. The number of piperazine rings is 1. The molecule has 2 aromatic carbocycles. The van der Waals surface area contributed by atoms with Crippen LogP contribution in [0.2, 0.25) is 0 Å². The van der Waals surface area contributed by atoms with Crippen LogP contribution in [0.1, 0.15) is 41.6 Å². The Bertz CT molecular complexity index is 856. The summed E-state index contributed by atoms with van der Waals surface area (Å²) in [5.41, 5.74) is 13.0. The van der Waals surface area contributed by atoms with Gasteiger partial charge in [0.15, 0.2) is 0 Å². The van der Waals surface area contributed by atoms with Gasteiger partial charge < -0.3 is 9.80 Å². The van der Waals surface area contributed by atoms with Crippen LogP contribution in [-0.2, 0) is 11.2 Å². The van der Waals surface area contributed by atoms with Crippen LogP contribution in [0.4, 0.5) is 5.69 Å². The largest absolute Gasteiger partial charge is 0.368 e. The molecule has 0 aromatic heterocycles. The second kappa shape index (κ2) is 8.56. The van der Waals surface area contributed by atoms with E-state index >= 15 is 0 Å². The highest BCUT2D eigenvalue weighted by Gasteiger charge is 2.34. The maximum absolute atomic E-state index is 13.0. The normalized spacial score (nSPS) is 22.2. The van der Waals surface area contributed by atoms with Gasteiger partial charge in [0.05, 0.1) is 0 Å². The van der Waals surface area contributed by atoms with Crippen LogP contribution in [0, 0.1) is 13.8 Å². The molecular formula is C24H32N4O. The molecule has 2 aliphatic rings. The van der Waals surface area contributed by atoms with E-state index in [1.54, 1.807) is 0 Å². The molecule has 4 rings (SSSR count). The molecule has 2 N–H and O–H groups in total. The summed E-state index contributed by atoms with van der Waals surface area (Å²) in [6.07, 6.45) is 1.84. The Hall–Kier alpha value is -2.37. The number of nitrogens with zero attached hydrogens (tertiary/aromatic N) is 2. The first-order valence-corrected chi connectivity index (χ1v) is 10.8. The number of carbonyl (C=O) groups is 1. The van der Waals surface area contributed by atoms with Gasteiger partial charge in [-0.25, -0.2) is 10.9 Å². The van der Waals surface area contributed by atoms with Crippen molar-refractivity contribution in [2.24, 2.45) is 0 Å². The zero-order valence-corrected chi connectivity index (χ0v) is 17.7. The summed E-state index contributed by atoms with van der Waals surface area (Å²) < 4.78 is 0. The van der Waals surface area contributed by atoms with Crippen molar-refractivity contribution < 1.29 is 4.79 Å². The number of anilines is 1. The number of nitrogens with one attached hydrogen (secondary N) is 2. The molecular weight excluding hydrogens is 360 g/mol. The van der Waals surface area contributed by atoms with Crippen LogP contribution in [-0.4, -0.2) is 43.0 Å². The molecule has 2 saturated heterocycles. The van der Waals surface area contributed by atoms with Gasteiger partial charge >= 0.3 is 0 Å². The second-order valence-electron chi connectivity index (χ2n) is 8.33. The van der Waals surface area contributed by atoms with Crippen LogP contribution in [0.25, 0.3) is 0 Å². The van der Waals surface area contributed by atoms with Crippen LogP contribution < -0.4 is 15.8 Å². The first kappa shape index (κ1) is 19.9. The summed E-state index contributed by atoms with van der Waals surface area (Å²) in [6.45, 7) is 9.79. The van der Waals surface area contributed by atoms with Crippen molar-refractivity contribution >= 4 is 11.6 Å². The van der Waals surface area contributed by atoms with Crippen LogP contribution >= 0.6 is 0 Å². The molecule has 0 spiro atoms. The lowest BCUT2D eigenvalue weighted by Gasteiger charge is -2.37. The van der Waals surface area contributed by atoms with Gasteiger partial charge in [-0.05, 0) is 55.0 Å². The van der Waals surface area contributed by atoms with Crippen molar-refractivity contribution in [3.63, 3.8) is 0 Å². The molecule has 2 atom stereocenters. The Labute approximate surface area is 174 Å². The zero-order valence-electron chi connectivity index (χ0n) is 17.7. The van der Waals surface area contributed by atoms with Gasteiger partial charge in [0.25, 0.3) is 0 Å². The SMILES string of the molecule is CCc1ccc(C2CC(C(=O)N3CCN(c4cc(C)ccc4C)CC3)NN2)cc1. The first-order valence-electron chi connectivity index (χ1n) is 10.8. The van der Waals surface area contributed by atoms with E-state index in [1.807, 2.05) is 4.90 Å². The summed E-state index contributed by atoms with van der Waals surface area (Å²) >= 11 is 0. The Morgan fingerprint density at radius 2 is 1.72 bits per heavy atom. The summed E-state index contributed by atoms with van der Waals surface area (Å²) in [5.74, 6) is 0.214. The lowest BCUT2D eigenvalue weighted by Crippen LogP contribution is -2.53. The zero-order chi connectivity index (χ0) is 20.4. The highest BCUT2D eigenvalue weighted by atomic mass is 16.2. The molecule has 2 aromatic rings. The van der Waals surface area contributed by atoms with Gasteiger partial charge in [-0.2, -0.15) is 0 Å². The van der Waals surface area contributed by atoms with Crippen molar-refractivity contribution in [1.82, 2.24) is 15.8 Å². The molecule has 154 valence electrons. The Kier molecular flexibility index (Phi) is 5.88. The third-order valence-electron chi connectivity index (χ3n) is 6.29. The summed E-state index contributed by atoms with van der Waals surface area (Å²) in [5, 5.41) is 0. The van der Waals surface area contributed by atoms with Gasteiger partial charge in [-0.1, -0.05) is 43.3 Å². The fourth-order valence-electron chi connectivity index (χ4n) is 4.37. The minimum absolute atomic E-state index is 0.155. The van der Waals surface area contributed by atoms with Crippen LogP contribution in [0.3, 0.4) is 0 Å². The van der Waals surface area contributed by atoms with E-state index in [2.05, 4.69) is 79.0 Å². The first-order chi connectivity index (χ1) is 14.0. The van der Waals surface area contributed by atoms with E-state index in [0.717, 1.165) is 39.0 Å². The number of rotatable bonds is 4. The fourth-order valence-corrected chi connectivity index (χ4v) is 4.37. The number of hydrazine groups is 1. The van der Waals surface area contributed by atoms with E-state index in [1.165, 1.54) is 27.9 Å². The number of benzene rings is 2. The van der Waals surface area contributed by atoms with Crippen molar-refractivity contribution in [1.29, 1.82) is 0 Å². The number of carbonyl (C=O) groups excluding carboxylic acids is 1. The molecule has 0 saturated carbocycles. The molecule has 0 bridgehead atoms. The molecule has 29 heavy (non-hydrogen) atoms. The second-order valence-corrected chi connectivity index (χ2v) is 8.33. The highest BCUT2D eigenvalue weighted by molar-refractivity contribution is 5.82. The average molecular weight is 393 g/mol. The van der Waals surface area contributed by atoms with Crippen molar-refractivity contribution in [3.8, 4) is 0 Å². The van der Waals surface area contributed by atoms with E-state index in [-0.39, 0.29) is 18.0 Å². The van der Waals surface area contributed by atoms with E-state index in [4.69, 9.17) is 0 Å². The summed E-state index contributed by atoms with van der Waals surface area (Å²) in [7, 11) is 0. The average Bonchev–Trinajstić information content (AvgIpc) is 3.25. The fraction of sp³-hybridized carbons (Fsp3) is 0.458. The Morgan fingerprint density at radius 3 is 2.41 bits per heavy atom. The van der Waals surface area contributed by atoms with Crippen LogP contribution in [0.5, 0.6) is 0 Å². The van der Waals surface area contributed by atoms with Crippen molar-refractivity contribution in [3.05, 3.63) is 64.7 Å². The molecule has 2 unspecified atom stereocenters. The minimum Gasteiger partial charge on any atom is -0.368 e. The topological polar surface area (TPSA) is 47.6 Å². The molecule has 1 amide bonds. The lowest BCUT2D eigenvalue weighted by atomic mass is 9.99. The van der Waals surface area contributed by atoms with Gasteiger partial charge in [0, 0.05) is 37.9 Å². The van der Waals surface area contributed by atoms with Gasteiger partial charge in [0.1, 0.15) is 6.04 Å². The van der Waals surface area contributed by atoms with Gasteiger partial charge in [-0.3, -0.25) is 4.79 Å². The van der Waals surface area contributed by atoms with E-state index in [0.29, 0.717) is 0 Å². The Balaban J connectivity index is 1.33. The number of hydrogen-bond acceptors (Lipinski definition) is 4. The molecule has 5 heteroatoms. The molecule has 2 fully saturated rings. The van der Waals surface area contributed by atoms with E-state index in [9.17, 15) is 4.79 Å². The number of hydrogen-bond donors (Lipinski definition) is 2. The molecule has 0 aliphatic carbocycles. The minimum atomic E-state index is -0.155. The van der Waals surface area contributed by atoms with Gasteiger partial charge in [0.2, 0.25) is 5.91 Å². The third kappa shape index (κ3) is 4.31.